The first-order chi connectivity index (χ1) is 7.45. The summed E-state index contributed by atoms with van der Waals surface area (Å²) in [5.74, 6) is 0. The van der Waals surface area contributed by atoms with E-state index in [1.54, 1.807) is 6.21 Å². The van der Waals surface area contributed by atoms with Crippen LogP contribution < -0.4 is 5.43 Å². The fourth-order valence-electron chi connectivity index (χ4n) is 1.86. The van der Waals surface area contributed by atoms with Crippen molar-refractivity contribution >= 4 is 28.8 Å². The molecule has 1 aliphatic rings. The van der Waals surface area contributed by atoms with Crippen molar-refractivity contribution in [1.82, 2.24) is 0 Å². The zero-order chi connectivity index (χ0) is 10.1. The van der Waals surface area contributed by atoms with Crippen molar-refractivity contribution in [3.8, 4) is 0 Å². The second-order valence-corrected chi connectivity index (χ2v) is 3.50. The lowest BCUT2D eigenvalue weighted by Crippen LogP contribution is -1.90. The molecule has 0 amide bonds. The number of rotatable bonds is 0. The van der Waals surface area contributed by atoms with Crippen molar-refractivity contribution in [3.05, 3.63) is 48.0 Å². The normalized spacial score (nSPS) is 13.3. The van der Waals surface area contributed by atoms with Gasteiger partial charge in [0.25, 0.3) is 0 Å². The Morgan fingerprint density at radius 1 is 1.00 bits per heavy atom. The highest BCUT2D eigenvalue weighted by Crippen LogP contribution is 2.28. The summed E-state index contributed by atoms with van der Waals surface area (Å²) in [6, 6.07) is 12.5. The van der Waals surface area contributed by atoms with Crippen LogP contribution in [0.25, 0.3) is 16.8 Å². The van der Waals surface area contributed by atoms with Crippen LogP contribution in [0.2, 0.25) is 0 Å². The SMILES string of the molecule is C1=Cc2c(ccc3ccccc23)NN=C1. The second kappa shape index (κ2) is 3.24. The van der Waals surface area contributed by atoms with Crippen molar-refractivity contribution in [2.45, 2.75) is 0 Å². The van der Waals surface area contributed by atoms with Gasteiger partial charge in [0.1, 0.15) is 0 Å². The summed E-state index contributed by atoms with van der Waals surface area (Å²) in [5, 5.41) is 6.57. The molecule has 0 fully saturated rings. The predicted octanol–water partition coefficient (Wildman–Crippen LogP) is 3.26. The number of fused-ring (bicyclic) bond motifs is 3. The molecule has 2 aromatic rings. The van der Waals surface area contributed by atoms with E-state index in [9.17, 15) is 0 Å². The van der Waals surface area contributed by atoms with E-state index in [4.69, 9.17) is 0 Å². The molecule has 2 heteroatoms. The number of hydrazone groups is 1. The molecule has 3 rings (SSSR count). The van der Waals surface area contributed by atoms with E-state index in [-0.39, 0.29) is 0 Å². The van der Waals surface area contributed by atoms with Crippen LogP contribution in [0, 0.1) is 0 Å². The van der Waals surface area contributed by atoms with Gasteiger partial charge in [0.2, 0.25) is 0 Å². The van der Waals surface area contributed by atoms with Gasteiger partial charge in [0.05, 0.1) is 5.69 Å². The number of hydrogen-bond donors (Lipinski definition) is 1. The number of benzene rings is 2. The number of nitrogens with zero attached hydrogens (tertiary/aromatic N) is 1. The Hall–Kier alpha value is -2.09. The van der Waals surface area contributed by atoms with E-state index in [1.165, 1.54) is 16.3 Å². The van der Waals surface area contributed by atoms with Crippen molar-refractivity contribution < 1.29 is 0 Å². The van der Waals surface area contributed by atoms with Crippen molar-refractivity contribution in [3.63, 3.8) is 0 Å². The molecule has 0 aromatic heterocycles. The molecule has 0 spiro atoms. The molecule has 0 aliphatic carbocycles. The lowest BCUT2D eigenvalue weighted by Gasteiger charge is -2.07. The van der Waals surface area contributed by atoms with Gasteiger partial charge in [-0.2, -0.15) is 5.10 Å². The molecule has 0 unspecified atom stereocenters. The Bertz CT molecular complexity index is 568. The molecule has 0 radical (unpaired) electrons. The molecular weight excluding hydrogens is 184 g/mol. The van der Waals surface area contributed by atoms with Gasteiger partial charge in [-0.1, -0.05) is 36.4 Å². The molecule has 0 saturated carbocycles. The predicted molar refractivity (Wildman–Crippen MR) is 65.1 cm³/mol. The van der Waals surface area contributed by atoms with Crippen LogP contribution in [0.4, 0.5) is 5.69 Å². The summed E-state index contributed by atoms with van der Waals surface area (Å²) >= 11 is 0. The van der Waals surface area contributed by atoms with Gasteiger partial charge in [-0.25, -0.2) is 0 Å². The van der Waals surface area contributed by atoms with Crippen molar-refractivity contribution in [2.24, 2.45) is 5.10 Å². The zero-order valence-electron chi connectivity index (χ0n) is 8.14. The third-order valence-electron chi connectivity index (χ3n) is 2.58. The van der Waals surface area contributed by atoms with Crippen LogP contribution in [0.5, 0.6) is 0 Å². The Morgan fingerprint density at radius 2 is 1.93 bits per heavy atom. The van der Waals surface area contributed by atoms with E-state index in [1.807, 2.05) is 6.08 Å². The maximum absolute atomic E-state index is 4.06. The fourth-order valence-corrected chi connectivity index (χ4v) is 1.86. The van der Waals surface area contributed by atoms with Gasteiger partial charge in [-0.05, 0) is 22.9 Å². The molecule has 1 aliphatic heterocycles. The van der Waals surface area contributed by atoms with Crippen LogP contribution in [0.3, 0.4) is 0 Å². The van der Waals surface area contributed by atoms with Gasteiger partial charge in [0, 0.05) is 11.8 Å². The van der Waals surface area contributed by atoms with Gasteiger partial charge < -0.3 is 0 Å². The lowest BCUT2D eigenvalue weighted by molar-refractivity contribution is 1.36. The van der Waals surface area contributed by atoms with E-state index in [0.29, 0.717) is 0 Å². The van der Waals surface area contributed by atoms with Crippen LogP contribution in [-0.2, 0) is 0 Å². The second-order valence-electron chi connectivity index (χ2n) is 3.50. The van der Waals surface area contributed by atoms with Crippen LogP contribution in [-0.4, -0.2) is 6.21 Å². The first-order valence-corrected chi connectivity index (χ1v) is 4.93. The van der Waals surface area contributed by atoms with E-state index in [0.717, 1.165) is 5.69 Å². The zero-order valence-corrected chi connectivity index (χ0v) is 8.14. The highest BCUT2D eigenvalue weighted by atomic mass is 15.3. The average Bonchev–Trinajstić information content (AvgIpc) is 2.54. The van der Waals surface area contributed by atoms with E-state index in [2.05, 4.69) is 53.0 Å². The molecule has 2 aromatic carbocycles. The minimum Gasteiger partial charge on any atom is -0.278 e. The largest absolute Gasteiger partial charge is 0.278 e. The topological polar surface area (TPSA) is 24.4 Å². The van der Waals surface area contributed by atoms with Gasteiger partial charge in [0.15, 0.2) is 0 Å². The molecular formula is C13H10N2. The summed E-state index contributed by atoms with van der Waals surface area (Å²) < 4.78 is 0. The number of nitrogens with one attached hydrogen (secondary N) is 1. The van der Waals surface area contributed by atoms with Gasteiger partial charge in [-0.3, -0.25) is 5.43 Å². The average molecular weight is 194 g/mol. The van der Waals surface area contributed by atoms with Crippen LogP contribution >= 0.6 is 0 Å². The van der Waals surface area contributed by atoms with E-state index >= 15 is 0 Å². The number of hydrogen-bond acceptors (Lipinski definition) is 2. The number of allylic oxidation sites excluding steroid dienone is 1. The van der Waals surface area contributed by atoms with Gasteiger partial charge in [-0.15, -0.1) is 0 Å². The molecule has 0 atom stereocenters. The molecule has 0 bridgehead atoms. The van der Waals surface area contributed by atoms with Crippen LogP contribution in [0.15, 0.2) is 47.6 Å². The highest BCUT2D eigenvalue weighted by molar-refractivity contribution is 5.98. The first-order valence-electron chi connectivity index (χ1n) is 4.93. The fraction of sp³-hybridized carbons (Fsp3) is 0. The van der Waals surface area contributed by atoms with Gasteiger partial charge >= 0.3 is 0 Å². The molecule has 2 nitrogen and oxygen atoms in total. The molecule has 1 heterocycles. The Balaban J connectivity index is 2.38. The lowest BCUT2D eigenvalue weighted by atomic mass is 10.0. The summed E-state index contributed by atoms with van der Waals surface area (Å²) in [7, 11) is 0. The standard InChI is InChI=1S/C13H10N2/c1-2-5-11-10(4-1)7-8-13-12(11)6-3-9-14-15-13/h1-9,15H. The van der Waals surface area contributed by atoms with Crippen molar-refractivity contribution in [1.29, 1.82) is 0 Å². The maximum Gasteiger partial charge on any atom is 0.0640 e. The van der Waals surface area contributed by atoms with Crippen molar-refractivity contribution in [2.75, 3.05) is 5.43 Å². The maximum atomic E-state index is 4.06. The monoisotopic (exact) mass is 194 g/mol. The first kappa shape index (κ1) is 8.24. The quantitative estimate of drug-likeness (QED) is 0.683. The Kier molecular flexibility index (Phi) is 1.78. The summed E-state index contributed by atoms with van der Waals surface area (Å²) in [6.07, 6.45) is 5.79. The highest BCUT2D eigenvalue weighted by Gasteiger charge is 2.04. The summed E-state index contributed by atoms with van der Waals surface area (Å²) in [5.41, 5.74) is 5.28. The molecule has 0 saturated heterocycles. The summed E-state index contributed by atoms with van der Waals surface area (Å²) in [6.45, 7) is 0. The Morgan fingerprint density at radius 3 is 2.93 bits per heavy atom. The minimum absolute atomic E-state index is 1.05. The third kappa shape index (κ3) is 1.31. The molecule has 72 valence electrons. The smallest absolute Gasteiger partial charge is 0.0640 e. The van der Waals surface area contributed by atoms with Crippen LogP contribution in [0.1, 0.15) is 5.56 Å². The Labute approximate surface area is 87.9 Å². The third-order valence-corrected chi connectivity index (χ3v) is 2.58. The number of anilines is 1. The molecule has 1 N–H and O–H groups in total. The molecule has 15 heavy (non-hydrogen) atoms. The summed E-state index contributed by atoms with van der Waals surface area (Å²) in [4.78, 5) is 0. The minimum atomic E-state index is 1.05. The van der Waals surface area contributed by atoms with E-state index < -0.39 is 0 Å².